The van der Waals surface area contributed by atoms with E-state index in [-0.39, 0.29) is 17.4 Å². The number of hydrogen-bond donors (Lipinski definition) is 2. The van der Waals surface area contributed by atoms with Crippen LogP contribution in [0.5, 0.6) is 0 Å². The summed E-state index contributed by atoms with van der Waals surface area (Å²) in [7, 11) is 2.13. The van der Waals surface area contributed by atoms with Gasteiger partial charge in [0.2, 0.25) is 0 Å². The van der Waals surface area contributed by atoms with Gasteiger partial charge in [0.15, 0.2) is 0 Å². The Hall–Kier alpha value is -2.90. The summed E-state index contributed by atoms with van der Waals surface area (Å²) in [6.45, 7) is 1.94. The van der Waals surface area contributed by atoms with Gasteiger partial charge in [0.25, 0.3) is 11.8 Å². The molecular weight excluding hydrogens is 488 g/mol. The molecule has 208 valence electrons. The van der Waals surface area contributed by atoms with Crippen LogP contribution in [0.1, 0.15) is 86.6 Å². The minimum Gasteiger partial charge on any atom is -0.380 e. The van der Waals surface area contributed by atoms with E-state index in [1.807, 2.05) is 29.2 Å². The Morgan fingerprint density at radius 1 is 0.744 bits per heavy atom. The molecule has 2 N–H and O–H groups in total. The van der Waals surface area contributed by atoms with E-state index < -0.39 is 5.60 Å². The molecule has 0 aromatic heterocycles. The van der Waals surface area contributed by atoms with Gasteiger partial charge in [-0.2, -0.15) is 0 Å². The molecule has 7 nitrogen and oxygen atoms in total. The monoisotopic (exact) mass is 530 g/mol. The van der Waals surface area contributed by atoms with Gasteiger partial charge in [-0.15, -0.1) is 0 Å². The Kier molecular flexibility index (Phi) is 7.15. The van der Waals surface area contributed by atoms with E-state index in [9.17, 15) is 14.7 Å². The minimum absolute atomic E-state index is 0.00367. The summed E-state index contributed by atoms with van der Waals surface area (Å²) in [5.74, 6) is -0.174. The van der Waals surface area contributed by atoms with E-state index in [4.69, 9.17) is 0 Å². The average molecular weight is 531 g/mol. The van der Waals surface area contributed by atoms with Gasteiger partial charge in [0.05, 0.1) is 11.2 Å². The smallest absolute Gasteiger partial charge is 0.254 e. The van der Waals surface area contributed by atoms with Crippen LogP contribution >= 0.6 is 0 Å². The number of rotatable bonds is 3. The molecule has 39 heavy (non-hydrogen) atoms. The SMILES string of the molecule is CN1NC2(CCCCCCCC2)c2ccc(-c3ccc(C(=O)N4CCN(C(=O)C5(O)CCC5)CC4)cc3)cc21. The van der Waals surface area contributed by atoms with E-state index in [0.29, 0.717) is 44.6 Å². The molecule has 2 heterocycles. The lowest BCUT2D eigenvalue weighted by Crippen LogP contribution is -2.58. The van der Waals surface area contributed by atoms with E-state index in [0.717, 1.165) is 17.5 Å². The summed E-state index contributed by atoms with van der Waals surface area (Å²) in [5.41, 5.74) is 8.32. The summed E-state index contributed by atoms with van der Waals surface area (Å²) in [5, 5.41) is 12.6. The van der Waals surface area contributed by atoms with Crippen LogP contribution in [-0.2, 0) is 10.3 Å². The van der Waals surface area contributed by atoms with Crippen molar-refractivity contribution < 1.29 is 14.7 Å². The van der Waals surface area contributed by atoms with E-state index >= 15 is 0 Å². The normalized spacial score (nSPS) is 22.5. The number of aliphatic hydroxyl groups is 1. The number of carbonyl (C=O) groups is 2. The standard InChI is InChI=1S/C32H42N4O3/c1-34-28-23-26(13-14-27(28)31(33-34)15-6-4-2-3-5-7-16-31)24-9-11-25(12-10-24)29(37)35-19-21-36(22-20-35)30(38)32(39)17-8-18-32/h9-14,23,33,39H,2-8,15-22H2,1H3. The molecule has 4 aliphatic rings. The van der Waals surface area contributed by atoms with Crippen molar-refractivity contribution in [2.24, 2.45) is 0 Å². The van der Waals surface area contributed by atoms with Crippen molar-refractivity contribution in [1.29, 1.82) is 0 Å². The molecule has 2 amide bonds. The molecule has 0 atom stereocenters. The molecule has 0 bridgehead atoms. The first-order valence-corrected chi connectivity index (χ1v) is 15.0. The molecule has 0 unspecified atom stereocenters. The number of hydrogen-bond acceptors (Lipinski definition) is 5. The number of hydrazine groups is 1. The molecule has 2 aliphatic heterocycles. The Balaban J connectivity index is 1.12. The van der Waals surface area contributed by atoms with Gasteiger partial charge in [0, 0.05) is 38.8 Å². The van der Waals surface area contributed by atoms with Gasteiger partial charge >= 0.3 is 0 Å². The number of nitrogens with zero attached hydrogens (tertiary/aromatic N) is 3. The zero-order valence-electron chi connectivity index (χ0n) is 23.3. The Bertz CT molecular complexity index is 1200. The quantitative estimate of drug-likeness (QED) is 0.594. The second-order valence-electron chi connectivity index (χ2n) is 12.2. The van der Waals surface area contributed by atoms with Gasteiger partial charge < -0.3 is 19.9 Å². The highest BCUT2D eigenvalue weighted by molar-refractivity contribution is 5.95. The molecule has 1 spiro atoms. The fourth-order valence-corrected chi connectivity index (χ4v) is 7.02. The van der Waals surface area contributed by atoms with E-state index in [1.165, 1.54) is 62.6 Å². The fourth-order valence-electron chi connectivity index (χ4n) is 7.02. The summed E-state index contributed by atoms with van der Waals surface area (Å²) in [6.07, 6.45) is 12.3. The van der Waals surface area contributed by atoms with Gasteiger partial charge in [-0.05, 0) is 67.0 Å². The molecule has 2 saturated carbocycles. The van der Waals surface area contributed by atoms with Crippen molar-refractivity contribution in [3.05, 3.63) is 53.6 Å². The van der Waals surface area contributed by atoms with Gasteiger partial charge in [0.1, 0.15) is 5.60 Å². The number of nitrogens with one attached hydrogen (secondary N) is 1. The topological polar surface area (TPSA) is 76.1 Å². The maximum absolute atomic E-state index is 13.2. The maximum atomic E-state index is 13.2. The van der Waals surface area contributed by atoms with Crippen molar-refractivity contribution in [3.63, 3.8) is 0 Å². The molecule has 6 rings (SSSR count). The number of benzene rings is 2. The second-order valence-corrected chi connectivity index (χ2v) is 12.2. The van der Waals surface area contributed by atoms with Gasteiger partial charge in [-0.3, -0.25) is 9.59 Å². The van der Waals surface area contributed by atoms with Crippen molar-refractivity contribution in [1.82, 2.24) is 15.2 Å². The highest BCUT2D eigenvalue weighted by Crippen LogP contribution is 2.45. The summed E-state index contributed by atoms with van der Waals surface area (Å²) >= 11 is 0. The lowest BCUT2D eigenvalue weighted by Gasteiger charge is -2.42. The first-order valence-electron chi connectivity index (χ1n) is 15.0. The highest BCUT2D eigenvalue weighted by Gasteiger charge is 2.45. The molecular formula is C32H42N4O3. The highest BCUT2D eigenvalue weighted by atomic mass is 16.3. The first kappa shape index (κ1) is 26.3. The number of amides is 2. The van der Waals surface area contributed by atoms with Crippen LogP contribution in [0.15, 0.2) is 42.5 Å². The minimum atomic E-state index is -1.17. The Morgan fingerprint density at radius 2 is 1.33 bits per heavy atom. The largest absolute Gasteiger partial charge is 0.380 e. The van der Waals surface area contributed by atoms with Gasteiger partial charge in [-0.1, -0.05) is 62.8 Å². The Morgan fingerprint density at radius 3 is 1.95 bits per heavy atom. The Labute approximate surface area is 232 Å². The van der Waals surface area contributed by atoms with Crippen LogP contribution in [0.2, 0.25) is 0 Å². The molecule has 2 aromatic rings. The summed E-state index contributed by atoms with van der Waals surface area (Å²) in [6, 6.07) is 14.8. The van der Waals surface area contributed by atoms with Crippen molar-refractivity contribution >= 4 is 17.5 Å². The van der Waals surface area contributed by atoms with Crippen LogP contribution in [-0.4, -0.2) is 65.5 Å². The van der Waals surface area contributed by atoms with Crippen LogP contribution in [0.4, 0.5) is 5.69 Å². The predicted octanol–water partition coefficient (Wildman–Crippen LogP) is 4.84. The average Bonchev–Trinajstić information content (AvgIpc) is 3.29. The third-order valence-corrected chi connectivity index (χ3v) is 9.61. The van der Waals surface area contributed by atoms with Crippen LogP contribution in [0.25, 0.3) is 11.1 Å². The summed E-state index contributed by atoms with van der Waals surface area (Å²) < 4.78 is 0. The predicted molar refractivity (Wildman–Crippen MR) is 153 cm³/mol. The lowest BCUT2D eigenvalue weighted by molar-refractivity contribution is -0.161. The number of anilines is 1. The van der Waals surface area contributed by atoms with Crippen molar-refractivity contribution in [3.8, 4) is 11.1 Å². The third kappa shape index (κ3) is 4.95. The van der Waals surface area contributed by atoms with Crippen LogP contribution < -0.4 is 10.4 Å². The van der Waals surface area contributed by atoms with Crippen molar-refractivity contribution in [2.45, 2.75) is 81.8 Å². The van der Waals surface area contributed by atoms with Crippen LogP contribution in [0.3, 0.4) is 0 Å². The number of carbonyl (C=O) groups excluding carboxylic acids is 2. The summed E-state index contributed by atoms with van der Waals surface area (Å²) in [4.78, 5) is 29.3. The first-order chi connectivity index (χ1) is 18.9. The van der Waals surface area contributed by atoms with Crippen LogP contribution in [0, 0.1) is 0 Å². The van der Waals surface area contributed by atoms with E-state index in [1.54, 1.807) is 4.90 Å². The molecule has 0 radical (unpaired) electrons. The fraction of sp³-hybridized carbons (Fsp3) is 0.562. The number of fused-ring (bicyclic) bond motifs is 2. The third-order valence-electron chi connectivity index (χ3n) is 9.61. The zero-order chi connectivity index (χ0) is 27.0. The molecule has 7 heteroatoms. The van der Waals surface area contributed by atoms with Crippen molar-refractivity contribution in [2.75, 3.05) is 38.2 Å². The lowest BCUT2D eigenvalue weighted by atomic mass is 9.79. The molecule has 1 saturated heterocycles. The number of piperazine rings is 1. The molecule has 3 fully saturated rings. The second kappa shape index (κ2) is 10.6. The van der Waals surface area contributed by atoms with Gasteiger partial charge in [-0.25, -0.2) is 5.43 Å². The van der Waals surface area contributed by atoms with E-state index in [2.05, 4.69) is 35.7 Å². The zero-order valence-corrected chi connectivity index (χ0v) is 23.3. The molecule has 2 aliphatic carbocycles. The molecule has 2 aromatic carbocycles. The maximum Gasteiger partial charge on any atom is 0.254 e.